The van der Waals surface area contributed by atoms with E-state index < -0.39 is 23.4 Å². The number of carbonyl (C=O) groups excluding carboxylic acids is 3. The van der Waals surface area contributed by atoms with E-state index in [9.17, 15) is 14.4 Å². The normalized spacial score (nSPS) is 19.4. The van der Waals surface area contributed by atoms with Crippen LogP contribution in [0.2, 0.25) is 0 Å². The maximum Gasteiger partial charge on any atom is 0.325 e. The first-order chi connectivity index (χ1) is 12.3. The number of hydrogen-bond acceptors (Lipinski definition) is 4. The summed E-state index contributed by atoms with van der Waals surface area (Å²) in [5.74, 6) is -0.578. The fourth-order valence-corrected chi connectivity index (χ4v) is 2.79. The second-order valence-corrected chi connectivity index (χ2v) is 6.58. The van der Waals surface area contributed by atoms with E-state index in [1.54, 1.807) is 31.3 Å². The molecule has 7 heteroatoms. The van der Waals surface area contributed by atoms with E-state index >= 15 is 0 Å². The number of hydrogen-bond donors (Lipinski definition) is 2. The highest BCUT2D eigenvalue weighted by atomic mass is 16.2. The number of benzene rings is 1. The van der Waals surface area contributed by atoms with Crippen molar-refractivity contribution in [3.8, 4) is 0 Å². The third kappa shape index (κ3) is 3.28. The van der Waals surface area contributed by atoms with Gasteiger partial charge in [0.05, 0.1) is 0 Å². The summed E-state index contributed by atoms with van der Waals surface area (Å²) in [5, 5.41) is 5.27. The van der Waals surface area contributed by atoms with Gasteiger partial charge in [-0.15, -0.1) is 0 Å². The Morgan fingerprint density at radius 2 is 1.77 bits per heavy atom. The fraction of sp³-hybridized carbons (Fsp3) is 0.263. The van der Waals surface area contributed by atoms with Crippen LogP contribution in [-0.2, 0) is 15.1 Å². The smallest absolute Gasteiger partial charge is 0.319 e. The van der Waals surface area contributed by atoms with Crippen LogP contribution in [0.25, 0.3) is 0 Å². The number of urea groups is 1. The molecule has 2 N–H and O–H groups in total. The van der Waals surface area contributed by atoms with Crippen LogP contribution >= 0.6 is 0 Å². The molecule has 1 atom stereocenters. The average molecular weight is 352 g/mol. The Morgan fingerprint density at radius 3 is 2.38 bits per heavy atom. The zero-order chi connectivity index (χ0) is 18.9. The summed E-state index contributed by atoms with van der Waals surface area (Å²) < 4.78 is 0. The quantitative estimate of drug-likeness (QED) is 0.825. The lowest BCUT2D eigenvalue weighted by atomic mass is 9.91. The summed E-state index contributed by atoms with van der Waals surface area (Å²) >= 11 is 0. The first-order valence-corrected chi connectivity index (χ1v) is 8.23. The van der Waals surface area contributed by atoms with Crippen molar-refractivity contribution in [1.82, 2.24) is 15.2 Å². The van der Waals surface area contributed by atoms with Gasteiger partial charge in [-0.25, -0.2) is 9.78 Å². The highest BCUT2D eigenvalue weighted by Crippen LogP contribution is 2.28. The Bertz CT molecular complexity index is 861. The first kappa shape index (κ1) is 17.6. The molecule has 134 valence electrons. The van der Waals surface area contributed by atoms with Crippen molar-refractivity contribution in [2.75, 3.05) is 11.9 Å². The Balaban J connectivity index is 1.73. The van der Waals surface area contributed by atoms with E-state index in [1.807, 2.05) is 32.0 Å². The van der Waals surface area contributed by atoms with Gasteiger partial charge in [-0.2, -0.15) is 0 Å². The second kappa shape index (κ2) is 6.59. The number of pyridine rings is 1. The van der Waals surface area contributed by atoms with Crippen molar-refractivity contribution in [2.24, 2.45) is 0 Å². The topological polar surface area (TPSA) is 91.4 Å². The maximum atomic E-state index is 12.8. The van der Waals surface area contributed by atoms with Gasteiger partial charge in [0.1, 0.15) is 17.9 Å². The lowest BCUT2D eigenvalue weighted by Crippen LogP contribution is -2.42. The molecule has 0 bridgehead atoms. The lowest BCUT2D eigenvalue weighted by molar-refractivity contribution is -0.133. The number of nitrogens with zero attached hydrogens (tertiary/aromatic N) is 2. The second-order valence-electron chi connectivity index (χ2n) is 6.58. The molecule has 1 aromatic heterocycles. The molecule has 1 unspecified atom stereocenters. The van der Waals surface area contributed by atoms with Gasteiger partial charge in [-0.1, -0.05) is 35.9 Å². The maximum absolute atomic E-state index is 12.8. The van der Waals surface area contributed by atoms with Gasteiger partial charge in [0.2, 0.25) is 5.91 Å². The number of imide groups is 1. The van der Waals surface area contributed by atoms with Crippen LogP contribution in [0, 0.1) is 13.8 Å². The molecule has 1 saturated heterocycles. The Labute approximate surface area is 151 Å². The summed E-state index contributed by atoms with van der Waals surface area (Å²) in [5.41, 5.74) is 1.50. The van der Waals surface area contributed by atoms with Crippen molar-refractivity contribution in [2.45, 2.75) is 26.3 Å². The predicted molar refractivity (Wildman–Crippen MR) is 96.4 cm³/mol. The summed E-state index contributed by atoms with van der Waals surface area (Å²) in [6.45, 7) is 5.09. The van der Waals surface area contributed by atoms with Gasteiger partial charge in [0.15, 0.2) is 0 Å². The van der Waals surface area contributed by atoms with Crippen LogP contribution in [0.1, 0.15) is 23.6 Å². The summed E-state index contributed by atoms with van der Waals surface area (Å²) in [7, 11) is 0. The van der Waals surface area contributed by atoms with Crippen molar-refractivity contribution >= 4 is 23.7 Å². The molecule has 0 aliphatic carbocycles. The molecule has 1 aliphatic rings. The minimum Gasteiger partial charge on any atom is -0.319 e. The molecule has 4 amide bonds. The molecule has 1 fully saturated rings. The Kier molecular flexibility index (Phi) is 4.46. The highest BCUT2D eigenvalue weighted by molar-refractivity contribution is 6.10. The molecule has 7 nitrogen and oxygen atoms in total. The van der Waals surface area contributed by atoms with Crippen LogP contribution in [0.3, 0.4) is 0 Å². The van der Waals surface area contributed by atoms with Crippen LogP contribution in [0.15, 0.2) is 42.6 Å². The molecule has 1 aliphatic heterocycles. The highest BCUT2D eigenvalue weighted by Gasteiger charge is 2.49. The molecule has 1 aromatic carbocycles. The average Bonchev–Trinajstić information content (AvgIpc) is 2.82. The van der Waals surface area contributed by atoms with Gasteiger partial charge in [0.25, 0.3) is 5.91 Å². The standard InChI is InChI=1S/C19H20N4O3/c1-12-4-7-14(8-5-12)19(3)17(25)23(18(26)22-19)11-16(24)21-15-9-6-13(2)10-20-15/h4-10H,11H2,1-3H3,(H,22,26)(H,20,21,24). The molecule has 2 aromatic rings. The Morgan fingerprint density at radius 1 is 1.12 bits per heavy atom. The number of aromatic nitrogens is 1. The van der Waals surface area contributed by atoms with Gasteiger partial charge in [-0.3, -0.25) is 14.5 Å². The van der Waals surface area contributed by atoms with Crippen LogP contribution < -0.4 is 10.6 Å². The zero-order valence-electron chi connectivity index (χ0n) is 14.9. The number of carbonyl (C=O) groups is 3. The third-order valence-corrected chi connectivity index (χ3v) is 4.38. The van der Waals surface area contributed by atoms with E-state index in [0.29, 0.717) is 11.4 Å². The van der Waals surface area contributed by atoms with E-state index in [-0.39, 0.29) is 6.54 Å². The summed E-state index contributed by atoms with van der Waals surface area (Å²) in [4.78, 5) is 42.3. The molecule has 0 saturated carbocycles. The van der Waals surface area contributed by atoms with Crippen LogP contribution in [-0.4, -0.2) is 34.3 Å². The number of anilines is 1. The van der Waals surface area contributed by atoms with Gasteiger partial charge >= 0.3 is 6.03 Å². The number of aryl methyl sites for hydroxylation is 2. The minimum absolute atomic E-state index is 0.369. The van der Waals surface area contributed by atoms with Crippen molar-refractivity contribution in [1.29, 1.82) is 0 Å². The molecule has 0 spiro atoms. The summed E-state index contributed by atoms with van der Waals surface area (Å²) in [6.07, 6.45) is 1.62. The molecular weight excluding hydrogens is 332 g/mol. The van der Waals surface area contributed by atoms with Crippen LogP contribution in [0.5, 0.6) is 0 Å². The van der Waals surface area contributed by atoms with E-state index in [0.717, 1.165) is 16.0 Å². The SMILES string of the molecule is Cc1ccc(C2(C)NC(=O)N(CC(=O)Nc3ccc(C)cn3)C2=O)cc1. The molecular formula is C19H20N4O3. The van der Waals surface area contributed by atoms with Crippen molar-refractivity contribution in [3.63, 3.8) is 0 Å². The molecule has 0 radical (unpaired) electrons. The van der Waals surface area contributed by atoms with Crippen LogP contribution in [0.4, 0.5) is 10.6 Å². The number of rotatable bonds is 4. The molecule has 2 heterocycles. The monoisotopic (exact) mass is 352 g/mol. The Hall–Kier alpha value is -3.22. The molecule has 26 heavy (non-hydrogen) atoms. The van der Waals surface area contributed by atoms with Crippen molar-refractivity contribution in [3.05, 3.63) is 59.3 Å². The summed E-state index contributed by atoms with van der Waals surface area (Å²) in [6, 6.07) is 10.2. The fourth-order valence-electron chi connectivity index (χ4n) is 2.79. The largest absolute Gasteiger partial charge is 0.325 e. The van der Waals surface area contributed by atoms with Crippen molar-refractivity contribution < 1.29 is 14.4 Å². The van der Waals surface area contributed by atoms with E-state index in [2.05, 4.69) is 15.6 Å². The minimum atomic E-state index is -1.19. The zero-order valence-corrected chi connectivity index (χ0v) is 14.9. The van der Waals surface area contributed by atoms with E-state index in [1.165, 1.54) is 0 Å². The van der Waals surface area contributed by atoms with Gasteiger partial charge < -0.3 is 10.6 Å². The van der Waals surface area contributed by atoms with Gasteiger partial charge in [0, 0.05) is 6.20 Å². The van der Waals surface area contributed by atoms with Gasteiger partial charge in [-0.05, 0) is 38.0 Å². The number of nitrogens with one attached hydrogen (secondary N) is 2. The first-order valence-electron chi connectivity index (χ1n) is 8.23. The predicted octanol–water partition coefficient (Wildman–Crippen LogP) is 2.10. The van der Waals surface area contributed by atoms with E-state index in [4.69, 9.17) is 0 Å². The number of amides is 4. The lowest BCUT2D eigenvalue weighted by Gasteiger charge is -2.22. The molecule has 3 rings (SSSR count). The third-order valence-electron chi connectivity index (χ3n) is 4.38.